The van der Waals surface area contributed by atoms with Crippen LogP contribution in [0, 0.1) is 0 Å². The molecule has 6 nitrogen and oxygen atoms in total. The van der Waals surface area contributed by atoms with Gasteiger partial charge in [-0.05, 0) is 42.3 Å². The van der Waals surface area contributed by atoms with Crippen LogP contribution < -0.4 is 19.7 Å². The van der Waals surface area contributed by atoms with E-state index in [1.807, 2.05) is 0 Å². The van der Waals surface area contributed by atoms with Crippen LogP contribution in [0.3, 0.4) is 0 Å². The highest BCUT2D eigenvalue weighted by atomic mass is 19.3. The molecule has 1 saturated heterocycles. The van der Waals surface area contributed by atoms with Crippen LogP contribution in [0.5, 0.6) is 11.5 Å². The van der Waals surface area contributed by atoms with E-state index < -0.39 is 6.61 Å². The standard InChI is InChI=1S/C20H20F2N2O4/c1-27-17-10-13(7-8-16(17)28-20(21)22)12-23-19(26)14-4-2-5-15(11-14)24-9-3-6-18(24)25/h2,4-5,7-8,10-11,20H,3,6,9,12H2,1H3,(H,23,26). The molecule has 2 amide bonds. The number of nitrogens with one attached hydrogen (secondary N) is 1. The first kappa shape index (κ1) is 19.6. The molecule has 2 aromatic carbocycles. The molecule has 3 rings (SSSR count). The van der Waals surface area contributed by atoms with Crippen molar-refractivity contribution in [2.75, 3.05) is 18.6 Å². The average Bonchev–Trinajstić information content (AvgIpc) is 3.12. The van der Waals surface area contributed by atoms with Gasteiger partial charge in [0.25, 0.3) is 5.91 Å². The number of anilines is 1. The Bertz CT molecular complexity index is 873. The Morgan fingerprint density at radius 1 is 1.21 bits per heavy atom. The molecule has 0 aromatic heterocycles. The van der Waals surface area contributed by atoms with Gasteiger partial charge in [0, 0.05) is 30.8 Å². The summed E-state index contributed by atoms with van der Waals surface area (Å²) >= 11 is 0. The summed E-state index contributed by atoms with van der Waals surface area (Å²) in [7, 11) is 1.35. The number of methoxy groups -OCH3 is 1. The molecule has 1 N–H and O–H groups in total. The number of carbonyl (C=O) groups excluding carboxylic acids is 2. The number of halogens is 2. The van der Waals surface area contributed by atoms with Crippen molar-refractivity contribution in [2.24, 2.45) is 0 Å². The van der Waals surface area contributed by atoms with Crippen molar-refractivity contribution in [3.05, 3.63) is 53.6 Å². The fourth-order valence-corrected chi connectivity index (χ4v) is 3.04. The van der Waals surface area contributed by atoms with Crippen molar-refractivity contribution in [2.45, 2.75) is 26.0 Å². The number of hydrogen-bond acceptors (Lipinski definition) is 4. The first-order valence-electron chi connectivity index (χ1n) is 8.78. The number of ether oxygens (including phenoxy) is 2. The summed E-state index contributed by atoms with van der Waals surface area (Å²) in [5.41, 5.74) is 1.80. The predicted octanol–water partition coefficient (Wildman–Crippen LogP) is 3.35. The Morgan fingerprint density at radius 2 is 2.04 bits per heavy atom. The maximum absolute atomic E-state index is 12.5. The van der Waals surface area contributed by atoms with Crippen LogP contribution in [0.15, 0.2) is 42.5 Å². The number of benzene rings is 2. The van der Waals surface area contributed by atoms with Gasteiger partial charge < -0.3 is 19.7 Å². The summed E-state index contributed by atoms with van der Waals surface area (Å²) in [5.74, 6) is -0.173. The maximum Gasteiger partial charge on any atom is 0.387 e. The van der Waals surface area contributed by atoms with E-state index in [1.165, 1.54) is 19.2 Å². The van der Waals surface area contributed by atoms with Crippen LogP contribution in [0.1, 0.15) is 28.8 Å². The molecule has 0 spiro atoms. The zero-order valence-corrected chi connectivity index (χ0v) is 15.3. The van der Waals surface area contributed by atoms with Gasteiger partial charge in [0.15, 0.2) is 11.5 Å². The van der Waals surface area contributed by atoms with Gasteiger partial charge in [-0.15, -0.1) is 0 Å². The van der Waals surface area contributed by atoms with Gasteiger partial charge in [-0.1, -0.05) is 12.1 Å². The number of rotatable bonds is 7. The zero-order valence-electron chi connectivity index (χ0n) is 15.3. The average molecular weight is 390 g/mol. The van der Waals surface area contributed by atoms with E-state index in [9.17, 15) is 18.4 Å². The second-order valence-electron chi connectivity index (χ2n) is 6.25. The van der Waals surface area contributed by atoms with Crippen LogP contribution in [0.4, 0.5) is 14.5 Å². The van der Waals surface area contributed by atoms with Crippen LogP contribution in [0.2, 0.25) is 0 Å². The Hall–Kier alpha value is -3.16. The Morgan fingerprint density at radius 3 is 2.71 bits per heavy atom. The van der Waals surface area contributed by atoms with Crippen molar-refractivity contribution in [3.63, 3.8) is 0 Å². The highest BCUT2D eigenvalue weighted by molar-refractivity contribution is 5.99. The van der Waals surface area contributed by atoms with E-state index in [0.717, 1.165) is 6.42 Å². The highest BCUT2D eigenvalue weighted by Gasteiger charge is 2.22. The minimum atomic E-state index is -2.95. The molecule has 1 fully saturated rings. The van der Waals surface area contributed by atoms with Gasteiger partial charge in [0.1, 0.15) is 0 Å². The Labute approximate surface area is 161 Å². The van der Waals surface area contributed by atoms with E-state index >= 15 is 0 Å². The Kier molecular flexibility index (Phi) is 6.08. The molecule has 148 valence electrons. The first-order valence-corrected chi connectivity index (χ1v) is 8.78. The molecule has 1 aliphatic rings. The summed E-state index contributed by atoms with van der Waals surface area (Å²) in [5, 5.41) is 2.77. The zero-order chi connectivity index (χ0) is 20.1. The monoisotopic (exact) mass is 390 g/mol. The lowest BCUT2D eigenvalue weighted by molar-refractivity contribution is -0.117. The summed E-state index contributed by atoms with van der Waals surface area (Å²) in [6.07, 6.45) is 1.33. The topological polar surface area (TPSA) is 67.9 Å². The van der Waals surface area contributed by atoms with Gasteiger partial charge in [0.05, 0.1) is 7.11 Å². The maximum atomic E-state index is 12.5. The summed E-state index contributed by atoms with van der Waals surface area (Å²) in [6.45, 7) is -2.12. The molecule has 0 unspecified atom stereocenters. The lowest BCUT2D eigenvalue weighted by atomic mass is 10.1. The fourth-order valence-electron chi connectivity index (χ4n) is 3.04. The molecular weight excluding hydrogens is 370 g/mol. The number of alkyl halides is 2. The molecule has 0 radical (unpaired) electrons. The number of amides is 2. The summed E-state index contributed by atoms with van der Waals surface area (Å²) in [4.78, 5) is 26.0. The molecule has 8 heteroatoms. The van der Waals surface area contributed by atoms with Crippen LogP contribution in [-0.4, -0.2) is 32.1 Å². The van der Waals surface area contributed by atoms with Crippen LogP contribution in [0.25, 0.3) is 0 Å². The van der Waals surface area contributed by atoms with E-state index in [2.05, 4.69) is 10.1 Å². The van der Waals surface area contributed by atoms with Crippen molar-refractivity contribution in [1.82, 2.24) is 5.32 Å². The van der Waals surface area contributed by atoms with E-state index in [4.69, 9.17) is 4.74 Å². The summed E-state index contributed by atoms with van der Waals surface area (Å²) < 4.78 is 34.2. The molecule has 1 heterocycles. The normalized spacial score (nSPS) is 13.7. The molecule has 2 aromatic rings. The predicted molar refractivity (Wildman–Crippen MR) is 98.8 cm³/mol. The Balaban J connectivity index is 1.66. The van der Waals surface area contributed by atoms with Crippen molar-refractivity contribution >= 4 is 17.5 Å². The largest absolute Gasteiger partial charge is 0.493 e. The van der Waals surface area contributed by atoms with Crippen molar-refractivity contribution < 1.29 is 27.8 Å². The molecule has 0 bridgehead atoms. The smallest absolute Gasteiger partial charge is 0.387 e. The van der Waals surface area contributed by atoms with Gasteiger partial charge in [-0.25, -0.2) is 0 Å². The van der Waals surface area contributed by atoms with Crippen molar-refractivity contribution in [3.8, 4) is 11.5 Å². The molecule has 0 aliphatic carbocycles. The second-order valence-corrected chi connectivity index (χ2v) is 6.25. The molecular formula is C20H20F2N2O4. The minimum Gasteiger partial charge on any atom is -0.493 e. The third-order valence-electron chi connectivity index (χ3n) is 4.39. The lowest BCUT2D eigenvalue weighted by Gasteiger charge is -2.16. The van der Waals surface area contributed by atoms with Crippen LogP contribution >= 0.6 is 0 Å². The van der Waals surface area contributed by atoms with Gasteiger partial charge >= 0.3 is 6.61 Å². The number of carbonyl (C=O) groups is 2. The highest BCUT2D eigenvalue weighted by Crippen LogP contribution is 2.29. The number of hydrogen-bond donors (Lipinski definition) is 1. The minimum absolute atomic E-state index is 0.0516. The fraction of sp³-hybridized carbons (Fsp3) is 0.300. The van der Waals surface area contributed by atoms with E-state index in [-0.39, 0.29) is 29.9 Å². The van der Waals surface area contributed by atoms with E-state index in [1.54, 1.807) is 35.2 Å². The molecule has 1 aliphatic heterocycles. The molecule has 28 heavy (non-hydrogen) atoms. The van der Waals surface area contributed by atoms with Gasteiger partial charge in [-0.3, -0.25) is 9.59 Å². The van der Waals surface area contributed by atoms with Crippen LogP contribution in [-0.2, 0) is 11.3 Å². The third-order valence-corrected chi connectivity index (χ3v) is 4.39. The third kappa shape index (κ3) is 4.57. The van der Waals surface area contributed by atoms with Crippen molar-refractivity contribution in [1.29, 1.82) is 0 Å². The SMILES string of the molecule is COc1cc(CNC(=O)c2cccc(N3CCCC3=O)c2)ccc1OC(F)F. The van der Waals surface area contributed by atoms with Gasteiger partial charge in [-0.2, -0.15) is 8.78 Å². The lowest BCUT2D eigenvalue weighted by Crippen LogP contribution is -2.25. The van der Waals surface area contributed by atoms with E-state index in [0.29, 0.717) is 29.8 Å². The number of nitrogens with zero attached hydrogens (tertiary/aromatic N) is 1. The quantitative estimate of drug-likeness (QED) is 0.787. The second kappa shape index (κ2) is 8.69. The van der Waals surface area contributed by atoms with Gasteiger partial charge in [0.2, 0.25) is 5.91 Å². The molecule has 0 saturated carbocycles. The molecule has 0 atom stereocenters. The summed E-state index contributed by atoms with van der Waals surface area (Å²) in [6, 6.07) is 11.3. The first-order chi connectivity index (χ1) is 13.5.